The van der Waals surface area contributed by atoms with E-state index in [0.717, 1.165) is 24.3 Å². The molecule has 3 rings (SSSR count). The van der Waals surface area contributed by atoms with Gasteiger partial charge in [0.05, 0.1) is 25.1 Å². The summed E-state index contributed by atoms with van der Waals surface area (Å²) in [6, 6.07) is 20.6. The van der Waals surface area contributed by atoms with E-state index in [-0.39, 0.29) is 0 Å². The van der Waals surface area contributed by atoms with Gasteiger partial charge in [0.15, 0.2) is 0 Å². The van der Waals surface area contributed by atoms with Crippen LogP contribution in [0.2, 0.25) is 0 Å². The van der Waals surface area contributed by atoms with Crippen LogP contribution in [0.3, 0.4) is 0 Å². The maximum absolute atomic E-state index is 12.4. The second kappa shape index (κ2) is 15.0. The molecular formula is C29H34N4O4. The maximum Gasteiger partial charge on any atom is 0.269 e. The number of methoxy groups -OCH3 is 1. The molecule has 0 aromatic heterocycles. The second-order valence-electron chi connectivity index (χ2n) is 8.49. The molecule has 37 heavy (non-hydrogen) atoms. The van der Waals surface area contributed by atoms with Gasteiger partial charge in [0.25, 0.3) is 11.8 Å². The van der Waals surface area contributed by atoms with Crippen molar-refractivity contribution in [1.82, 2.24) is 10.9 Å². The molecule has 2 N–H and O–H groups in total. The van der Waals surface area contributed by atoms with E-state index in [0.29, 0.717) is 29.1 Å². The molecule has 0 aliphatic carbocycles. The molecule has 0 radical (unpaired) electrons. The Morgan fingerprint density at radius 3 is 1.65 bits per heavy atom. The predicted octanol–water partition coefficient (Wildman–Crippen LogP) is 6.92. The molecule has 8 heteroatoms. The summed E-state index contributed by atoms with van der Waals surface area (Å²) >= 11 is 0. The fourth-order valence-electron chi connectivity index (χ4n) is 3.48. The number of unbranched alkanes of at least 4 members (excludes halogenated alkanes) is 5. The Balaban J connectivity index is 1.40. The minimum Gasteiger partial charge on any atom is -0.497 e. The molecule has 0 fully saturated rings. The Morgan fingerprint density at radius 1 is 0.649 bits per heavy atom. The van der Waals surface area contributed by atoms with E-state index in [1.54, 1.807) is 79.9 Å². The predicted molar refractivity (Wildman–Crippen MR) is 144 cm³/mol. The Labute approximate surface area is 218 Å². The van der Waals surface area contributed by atoms with Crippen LogP contribution in [0.15, 0.2) is 83.0 Å². The lowest BCUT2D eigenvalue weighted by atomic mass is 10.1. The molecule has 0 atom stereocenters. The highest BCUT2D eigenvalue weighted by Gasteiger charge is 2.09. The van der Waals surface area contributed by atoms with E-state index in [9.17, 15) is 9.59 Å². The number of carbonyl (C=O) groups excluding carboxylic acids is 2. The molecular weight excluding hydrogens is 468 g/mol. The van der Waals surface area contributed by atoms with E-state index in [1.165, 1.54) is 25.7 Å². The van der Waals surface area contributed by atoms with Crippen molar-refractivity contribution in [2.75, 3.05) is 13.7 Å². The third-order valence-electron chi connectivity index (χ3n) is 5.66. The minimum atomic E-state index is -0.439. The van der Waals surface area contributed by atoms with Crippen LogP contribution in [0.4, 0.5) is 11.4 Å². The average molecular weight is 503 g/mol. The smallest absolute Gasteiger partial charge is 0.269 e. The van der Waals surface area contributed by atoms with E-state index >= 15 is 0 Å². The molecule has 194 valence electrons. The molecule has 0 spiro atoms. The van der Waals surface area contributed by atoms with Gasteiger partial charge in [-0.25, -0.2) is 0 Å². The quantitative estimate of drug-likeness (QED) is 0.150. The summed E-state index contributed by atoms with van der Waals surface area (Å²) in [7, 11) is 1.60. The van der Waals surface area contributed by atoms with Crippen LogP contribution in [0, 0.1) is 0 Å². The van der Waals surface area contributed by atoms with E-state index < -0.39 is 11.8 Å². The van der Waals surface area contributed by atoms with Crippen LogP contribution in [-0.4, -0.2) is 25.5 Å². The molecule has 0 aliphatic rings. The molecule has 3 aromatic carbocycles. The highest BCUT2D eigenvalue weighted by atomic mass is 16.5. The Bertz CT molecular complexity index is 1140. The third-order valence-corrected chi connectivity index (χ3v) is 5.66. The molecule has 0 bridgehead atoms. The van der Waals surface area contributed by atoms with Crippen molar-refractivity contribution in [3.05, 3.63) is 83.9 Å². The van der Waals surface area contributed by atoms with Crippen molar-refractivity contribution in [3.8, 4) is 11.5 Å². The zero-order chi connectivity index (χ0) is 26.3. The number of hydrazine groups is 1. The van der Waals surface area contributed by atoms with Crippen molar-refractivity contribution in [2.24, 2.45) is 10.2 Å². The summed E-state index contributed by atoms with van der Waals surface area (Å²) < 4.78 is 10.9. The summed E-state index contributed by atoms with van der Waals surface area (Å²) in [5, 5.41) is 8.33. The Morgan fingerprint density at radius 2 is 1.11 bits per heavy atom. The lowest BCUT2D eigenvalue weighted by Gasteiger charge is -2.09. The van der Waals surface area contributed by atoms with Gasteiger partial charge in [0, 0.05) is 11.1 Å². The molecule has 0 unspecified atom stereocenters. The largest absolute Gasteiger partial charge is 0.497 e. The standard InChI is InChI=1S/C29H34N4O4/c1-3-4-5-6-7-8-21-37-27-17-11-23(12-18-27)29(35)33-32-28(34)22-9-13-24(14-10-22)30-31-25-15-19-26(36-2)20-16-25/h9-20H,3-8,21H2,1-2H3,(H,32,34)(H,33,35). The molecule has 0 aliphatic heterocycles. The summed E-state index contributed by atoms with van der Waals surface area (Å²) in [6.07, 6.45) is 7.23. The maximum atomic E-state index is 12.4. The van der Waals surface area contributed by atoms with Crippen LogP contribution >= 0.6 is 0 Å². The average Bonchev–Trinajstić information content (AvgIpc) is 2.95. The lowest BCUT2D eigenvalue weighted by molar-refractivity contribution is 0.0846. The summed E-state index contributed by atoms with van der Waals surface area (Å²) in [6.45, 7) is 2.87. The number of ether oxygens (including phenoxy) is 2. The first-order valence-corrected chi connectivity index (χ1v) is 12.6. The number of hydrogen-bond acceptors (Lipinski definition) is 6. The molecule has 0 heterocycles. The number of nitrogens with zero attached hydrogens (tertiary/aromatic N) is 2. The van der Waals surface area contributed by atoms with E-state index in [1.807, 2.05) is 0 Å². The van der Waals surface area contributed by atoms with Crippen molar-refractivity contribution < 1.29 is 19.1 Å². The number of rotatable bonds is 13. The SMILES string of the molecule is CCCCCCCCOc1ccc(C(=O)NNC(=O)c2ccc(N=Nc3ccc(OC)cc3)cc2)cc1. The number of nitrogens with one attached hydrogen (secondary N) is 2. The van der Waals surface area contributed by atoms with Crippen LogP contribution in [0.1, 0.15) is 66.2 Å². The van der Waals surface area contributed by atoms with Gasteiger partial charge in [-0.3, -0.25) is 20.4 Å². The minimum absolute atomic E-state index is 0.377. The van der Waals surface area contributed by atoms with Crippen molar-refractivity contribution in [2.45, 2.75) is 45.4 Å². The van der Waals surface area contributed by atoms with Crippen molar-refractivity contribution >= 4 is 23.2 Å². The zero-order valence-electron chi connectivity index (χ0n) is 21.4. The first kappa shape index (κ1) is 27.4. The number of hydrogen-bond donors (Lipinski definition) is 2. The topological polar surface area (TPSA) is 101 Å². The van der Waals surface area contributed by atoms with Crippen LogP contribution in [0.25, 0.3) is 0 Å². The van der Waals surface area contributed by atoms with Gasteiger partial charge in [-0.2, -0.15) is 10.2 Å². The highest BCUT2D eigenvalue weighted by Crippen LogP contribution is 2.21. The first-order valence-electron chi connectivity index (χ1n) is 12.6. The fraction of sp³-hybridized carbons (Fsp3) is 0.310. The molecule has 8 nitrogen and oxygen atoms in total. The number of azo groups is 1. The van der Waals surface area contributed by atoms with Gasteiger partial charge < -0.3 is 9.47 Å². The van der Waals surface area contributed by atoms with Gasteiger partial charge in [0.1, 0.15) is 11.5 Å². The third kappa shape index (κ3) is 9.40. The Kier molecular flexibility index (Phi) is 11.1. The molecule has 0 saturated heterocycles. The van der Waals surface area contributed by atoms with Crippen LogP contribution in [-0.2, 0) is 0 Å². The first-order chi connectivity index (χ1) is 18.1. The monoisotopic (exact) mass is 502 g/mol. The van der Waals surface area contributed by atoms with Gasteiger partial charge in [0.2, 0.25) is 0 Å². The number of carbonyl (C=O) groups is 2. The lowest BCUT2D eigenvalue weighted by Crippen LogP contribution is -2.41. The second-order valence-corrected chi connectivity index (χ2v) is 8.49. The number of amides is 2. The summed E-state index contributed by atoms with van der Waals surface area (Å²) in [4.78, 5) is 24.8. The van der Waals surface area contributed by atoms with Crippen molar-refractivity contribution in [1.29, 1.82) is 0 Å². The van der Waals surface area contributed by atoms with Crippen molar-refractivity contribution in [3.63, 3.8) is 0 Å². The van der Waals surface area contributed by atoms with E-state index in [4.69, 9.17) is 9.47 Å². The summed E-state index contributed by atoms with van der Waals surface area (Å²) in [5.74, 6) is 0.608. The fourth-order valence-corrected chi connectivity index (χ4v) is 3.48. The number of benzene rings is 3. The van der Waals surface area contributed by atoms with Crippen LogP contribution < -0.4 is 20.3 Å². The normalized spacial score (nSPS) is 10.8. The highest BCUT2D eigenvalue weighted by molar-refractivity contribution is 5.99. The molecule has 2 amide bonds. The summed E-state index contributed by atoms with van der Waals surface area (Å²) in [5.41, 5.74) is 6.93. The van der Waals surface area contributed by atoms with E-state index in [2.05, 4.69) is 28.0 Å². The van der Waals surface area contributed by atoms with Gasteiger partial charge in [-0.15, -0.1) is 0 Å². The molecule has 0 saturated carbocycles. The van der Waals surface area contributed by atoms with Gasteiger partial charge in [-0.05, 0) is 79.2 Å². The molecule has 3 aromatic rings. The van der Waals surface area contributed by atoms with Gasteiger partial charge >= 0.3 is 0 Å². The Hall–Kier alpha value is -4.20. The van der Waals surface area contributed by atoms with Crippen LogP contribution in [0.5, 0.6) is 11.5 Å². The zero-order valence-corrected chi connectivity index (χ0v) is 21.4. The van der Waals surface area contributed by atoms with Gasteiger partial charge in [-0.1, -0.05) is 39.0 Å².